The van der Waals surface area contributed by atoms with Crippen molar-refractivity contribution in [1.29, 1.82) is 0 Å². The van der Waals surface area contributed by atoms with Crippen LogP contribution in [0.4, 0.5) is 5.13 Å². The zero-order chi connectivity index (χ0) is 15.2. The van der Waals surface area contributed by atoms with E-state index in [1.807, 2.05) is 6.92 Å². The van der Waals surface area contributed by atoms with Gasteiger partial charge in [0, 0.05) is 18.5 Å². The van der Waals surface area contributed by atoms with Crippen LogP contribution in [0.5, 0.6) is 0 Å². The summed E-state index contributed by atoms with van der Waals surface area (Å²) in [6.45, 7) is 6.63. The van der Waals surface area contributed by atoms with Crippen LogP contribution in [0.3, 0.4) is 0 Å². The van der Waals surface area contributed by atoms with Gasteiger partial charge in [-0.1, -0.05) is 0 Å². The van der Waals surface area contributed by atoms with Crippen LogP contribution in [0.1, 0.15) is 24.3 Å². The Morgan fingerprint density at radius 2 is 2.24 bits per heavy atom. The van der Waals surface area contributed by atoms with Gasteiger partial charge in [-0.3, -0.25) is 9.69 Å². The SMILES string of the molecule is CCOC(=O)c1csc(NC(=O)C(C)N2CCOCC2)n1. The molecule has 0 aliphatic carbocycles. The highest BCUT2D eigenvalue weighted by molar-refractivity contribution is 7.14. The standard InChI is InChI=1S/C13H19N3O4S/c1-3-20-12(18)10-8-21-13(14-10)15-11(17)9(2)16-4-6-19-7-5-16/h8-9H,3-7H2,1-2H3,(H,14,15,17). The van der Waals surface area contributed by atoms with Crippen LogP contribution in [0.25, 0.3) is 0 Å². The number of rotatable bonds is 5. The van der Waals surface area contributed by atoms with Crippen molar-refractivity contribution >= 4 is 28.3 Å². The first kappa shape index (κ1) is 15.9. The molecule has 0 aromatic carbocycles. The molecule has 2 heterocycles. The number of nitrogens with one attached hydrogen (secondary N) is 1. The van der Waals surface area contributed by atoms with E-state index in [9.17, 15) is 9.59 Å². The second-order valence-electron chi connectivity index (χ2n) is 4.57. The smallest absolute Gasteiger partial charge is 0.357 e. The second-order valence-corrected chi connectivity index (χ2v) is 5.43. The molecule has 1 aliphatic heterocycles. The third kappa shape index (κ3) is 4.23. The highest BCUT2D eigenvalue weighted by atomic mass is 32.1. The van der Waals surface area contributed by atoms with Crippen LogP contribution in [0.2, 0.25) is 0 Å². The van der Waals surface area contributed by atoms with E-state index in [4.69, 9.17) is 9.47 Å². The van der Waals surface area contributed by atoms with Gasteiger partial charge in [-0.25, -0.2) is 9.78 Å². The van der Waals surface area contributed by atoms with Gasteiger partial charge in [0.2, 0.25) is 5.91 Å². The Morgan fingerprint density at radius 1 is 1.52 bits per heavy atom. The highest BCUT2D eigenvalue weighted by Crippen LogP contribution is 2.17. The third-order valence-corrected chi connectivity index (χ3v) is 3.95. The first-order valence-corrected chi connectivity index (χ1v) is 7.75. The monoisotopic (exact) mass is 313 g/mol. The van der Waals surface area contributed by atoms with E-state index in [0.29, 0.717) is 25.0 Å². The van der Waals surface area contributed by atoms with Gasteiger partial charge < -0.3 is 14.8 Å². The average Bonchev–Trinajstić information content (AvgIpc) is 2.96. The topological polar surface area (TPSA) is 80.8 Å². The number of esters is 1. The Labute approximate surface area is 127 Å². The number of aromatic nitrogens is 1. The molecule has 1 amide bonds. The lowest BCUT2D eigenvalue weighted by Crippen LogP contribution is -2.47. The molecule has 7 nitrogen and oxygen atoms in total. The van der Waals surface area contributed by atoms with Crippen LogP contribution in [0, 0.1) is 0 Å². The Balaban J connectivity index is 1.91. The summed E-state index contributed by atoms with van der Waals surface area (Å²) < 4.78 is 10.1. The molecule has 2 rings (SSSR count). The number of hydrogen-bond acceptors (Lipinski definition) is 7. The van der Waals surface area contributed by atoms with E-state index in [1.54, 1.807) is 12.3 Å². The minimum absolute atomic E-state index is 0.137. The number of anilines is 1. The summed E-state index contributed by atoms with van der Waals surface area (Å²) in [5.41, 5.74) is 0.219. The summed E-state index contributed by atoms with van der Waals surface area (Å²) in [6.07, 6.45) is 0. The maximum absolute atomic E-state index is 12.2. The zero-order valence-corrected chi connectivity index (χ0v) is 12.9. The predicted octanol–water partition coefficient (Wildman–Crippen LogP) is 0.979. The Morgan fingerprint density at radius 3 is 2.90 bits per heavy atom. The summed E-state index contributed by atoms with van der Waals surface area (Å²) in [5.74, 6) is -0.614. The molecule has 1 atom stereocenters. The van der Waals surface area contributed by atoms with Crippen LogP contribution in [0.15, 0.2) is 5.38 Å². The van der Waals surface area contributed by atoms with Crippen molar-refractivity contribution in [2.45, 2.75) is 19.9 Å². The number of morpholine rings is 1. The number of nitrogens with zero attached hydrogens (tertiary/aromatic N) is 2. The number of thiazole rings is 1. The number of carbonyl (C=O) groups is 2. The number of amides is 1. The van der Waals surface area contributed by atoms with Gasteiger partial charge in [0.25, 0.3) is 0 Å². The maximum Gasteiger partial charge on any atom is 0.357 e. The van der Waals surface area contributed by atoms with E-state index in [0.717, 1.165) is 13.1 Å². The van der Waals surface area contributed by atoms with Gasteiger partial charge in [-0.05, 0) is 13.8 Å². The largest absolute Gasteiger partial charge is 0.461 e. The average molecular weight is 313 g/mol. The van der Waals surface area contributed by atoms with Crippen LogP contribution < -0.4 is 5.32 Å². The Kier molecular flexibility index (Phi) is 5.66. The fourth-order valence-corrected chi connectivity index (χ4v) is 2.65. The van der Waals surface area contributed by atoms with Crippen LogP contribution in [-0.2, 0) is 14.3 Å². The number of ether oxygens (including phenoxy) is 2. The van der Waals surface area contributed by atoms with E-state index < -0.39 is 5.97 Å². The zero-order valence-electron chi connectivity index (χ0n) is 12.1. The van der Waals surface area contributed by atoms with Crippen LogP contribution in [-0.4, -0.2) is 60.7 Å². The van der Waals surface area contributed by atoms with Gasteiger partial charge in [-0.15, -0.1) is 11.3 Å². The molecule has 0 spiro atoms. The second kappa shape index (κ2) is 7.48. The molecular formula is C13H19N3O4S. The first-order chi connectivity index (χ1) is 10.1. The molecule has 1 fully saturated rings. The molecular weight excluding hydrogens is 294 g/mol. The molecule has 1 aliphatic rings. The molecule has 1 unspecified atom stereocenters. The van der Waals surface area contributed by atoms with Crippen molar-refractivity contribution in [2.24, 2.45) is 0 Å². The van der Waals surface area contributed by atoms with Gasteiger partial charge in [0.05, 0.1) is 25.9 Å². The van der Waals surface area contributed by atoms with Gasteiger partial charge in [-0.2, -0.15) is 0 Å². The summed E-state index contributed by atoms with van der Waals surface area (Å²) >= 11 is 1.21. The van der Waals surface area contributed by atoms with Crippen molar-refractivity contribution in [2.75, 3.05) is 38.2 Å². The quantitative estimate of drug-likeness (QED) is 0.816. The lowest BCUT2D eigenvalue weighted by molar-refractivity contribution is -0.122. The summed E-state index contributed by atoms with van der Waals surface area (Å²) in [7, 11) is 0. The third-order valence-electron chi connectivity index (χ3n) is 3.19. The fourth-order valence-electron chi connectivity index (χ4n) is 1.97. The molecule has 1 aromatic heterocycles. The minimum Gasteiger partial charge on any atom is -0.461 e. The van der Waals surface area contributed by atoms with Gasteiger partial charge in [0.15, 0.2) is 10.8 Å². The van der Waals surface area contributed by atoms with E-state index in [2.05, 4.69) is 15.2 Å². The summed E-state index contributed by atoms with van der Waals surface area (Å²) in [5, 5.41) is 4.72. The molecule has 1 saturated heterocycles. The number of carbonyl (C=O) groups excluding carboxylic acids is 2. The fraction of sp³-hybridized carbons (Fsp3) is 0.615. The molecule has 0 saturated carbocycles. The van der Waals surface area contributed by atoms with Crippen molar-refractivity contribution in [3.05, 3.63) is 11.1 Å². The molecule has 0 radical (unpaired) electrons. The maximum atomic E-state index is 12.2. The Hall–Kier alpha value is -1.51. The van der Waals surface area contributed by atoms with Crippen molar-refractivity contribution in [3.8, 4) is 0 Å². The summed E-state index contributed by atoms with van der Waals surface area (Å²) in [4.78, 5) is 29.8. The molecule has 116 valence electrons. The van der Waals surface area contributed by atoms with E-state index >= 15 is 0 Å². The highest BCUT2D eigenvalue weighted by Gasteiger charge is 2.24. The van der Waals surface area contributed by atoms with Crippen molar-refractivity contribution in [1.82, 2.24) is 9.88 Å². The van der Waals surface area contributed by atoms with Crippen LogP contribution >= 0.6 is 11.3 Å². The number of hydrogen-bond donors (Lipinski definition) is 1. The molecule has 8 heteroatoms. The lowest BCUT2D eigenvalue weighted by Gasteiger charge is -2.31. The van der Waals surface area contributed by atoms with Gasteiger partial charge >= 0.3 is 5.97 Å². The molecule has 1 aromatic rings. The lowest BCUT2D eigenvalue weighted by atomic mass is 10.2. The minimum atomic E-state index is -0.476. The molecule has 1 N–H and O–H groups in total. The predicted molar refractivity (Wildman–Crippen MR) is 78.6 cm³/mol. The van der Waals surface area contributed by atoms with Gasteiger partial charge in [0.1, 0.15) is 0 Å². The summed E-state index contributed by atoms with van der Waals surface area (Å²) in [6, 6.07) is -0.260. The first-order valence-electron chi connectivity index (χ1n) is 6.87. The Bertz CT molecular complexity index is 499. The van der Waals surface area contributed by atoms with Crippen molar-refractivity contribution < 1.29 is 19.1 Å². The van der Waals surface area contributed by atoms with E-state index in [1.165, 1.54) is 11.3 Å². The van der Waals surface area contributed by atoms with E-state index in [-0.39, 0.29) is 17.6 Å². The molecule has 21 heavy (non-hydrogen) atoms. The van der Waals surface area contributed by atoms with Crippen molar-refractivity contribution in [3.63, 3.8) is 0 Å². The molecule has 0 bridgehead atoms. The normalized spacial score (nSPS) is 17.2.